The van der Waals surface area contributed by atoms with Gasteiger partial charge in [0, 0.05) is 24.3 Å². The van der Waals surface area contributed by atoms with Crippen LogP contribution in [-0.2, 0) is 9.53 Å². The van der Waals surface area contributed by atoms with E-state index in [2.05, 4.69) is 11.2 Å². The van der Waals surface area contributed by atoms with E-state index in [4.69, 9.17) is 11.2 Å². The first-order valence-electron chi connectivity index (χ1n) is 6.39. The highest BCUT2D eigenvalue weighted by atomic mass is 16.5. The second-order valence-corrected chi connectivity index (χ2v) is 4.60. The Morgan fingerprint density at radius 3 is 3.21 bits per heavy atom. The van der Waals surface area contributed by atoms with Crippen molar-refractivity contribution in [2.45, 2.75) is 13.0 Å². The fourth-order valence-corrected chi connectivity index (χ4v) is 2.05. The summed E-state index contributed by atoms with van der Waals surface area (Å²) in [6.45, 7) is 4.18. The number of benzene rings is 1. The smallest absolute Gasteiger partial charge is 0.242 e. The molecule has 1 N–H and O–H groups in total. The molecule has 19 heavy (non-hydrogen) atoms. The van der Waals surface area contributed by atoms with Gasteiger partial charge in [-0.3, -0.25) is 4.79 Å². The van der Waals surface area contributed by atoms with Gasteiger partial charge in [0.15, 0.2) is 0 Å². The Kier molecular flexibility index (Phi) is 4.43. The summed E-state index contributed by atoms with van der Waals surface area (Å²) in [7, 11) is 0. The molecule has 100 valence electrons. The number of hydrogen-bond donors (Lipinski definition) is 1. The Morgan fingerprint density at radius 1 is 1.63 bits per heavy atom. The Balaban J connectivity index is 1.87. The number of nitrogens with zero attached hydrogens (tertiary/aromatic N) is 1. The normalized spacial score (nSPS) is 18.7. The van der Waals surface area contributed by atoms with Crippen molar-refractivity contribution < 1.29 is 9.53 Å². The van der Waals surface area contributed by atoms with Crippen LogP contribution in [0.4, 0.5) is 5.69 Å². The molecule has 1 aromatic rings. The zero-order valence-electron chi connectivity index (χ0n) is 11.1. The van der Waals surface area contributed by atoms with Crippen LogP contribution in [0.15, 0.2) is 24.3 Å². The first-order chi connectivity index (χ1) is 9.19. The maximum atomic E-state index is 12.0. The number of carbonyl (C=O) groups is 1. The van der Waals surface area contributed by atoms with Gasteiger partial charge in [-0.15, -0.1) is 6.42 Å². The molecule has 0 radical (unpaired) electrons. The van der Waals surface area contributed by atoms with Crippen molar-refractivity contribution in [3.8, 4) is 12.3 Å². The van der Waals surface area contributed by atoms with Gasteiger partial charge in [0.2, 0.25) is 5.91 Å². The molecule has 1 heterocycles. The molecule has 1 atom stereocenters. The second kappa shape index (κ2) is 6.26. The van der Waals surface area contributed by atoms with Crippen LogP contribution in [0, 0.1) is 12.3 Å². The second-order valence-electron chi connectivity index (χ2n) is 4.60. The van der Waals surface area contributed by atoms with Gasteiger partial charge in [-0.25, -0.2) is 0 Å². The van der Waals surface area contributed by atoms with Gasteiger partial charge in [0.1, 0.15) is 0 Å². The molecule has 1 saturated heterocycles. The Bertz CT molecular complexity index is 493. The molecule has 2 rings (SSSR count). The molecular formula is C15H18N2O2. The van der Waals surface area contributed by atoms with E-state index in [1.165, 1.54) is 0 Å². The maximum Gasteiger partial charge on any atom is 0.242 e. The molecule has 1 amide bonds. The summed E-state index contributed by atoms with van der Waals surface area (Å²) in [5, 5.41) is 3.10. The summed E-state index contributed by atoms with van der Waals surface area (Å²) in [5.74, 6) is 2.66. The van der Waals surface area contributed by atoms with Gasteiger partial charge >= 0.3 is 0 Å². The fourth-order valence-electron chi connectivity index (χ4n) is 2.05. The number of rotatable bonds is 3. The largest absolute Gasteiger partial charge is 0.376 e. The van der Waals surface area contributed by atoms with Crippen molar-refractivity contribution in [3.05, 3.63) is 29.8 Å². The minimum absolute atomic E-state index is 0.0845. The van der Waals surface area contributed by atoms with Crippen molar-refractivity contribution in [3.63, 3.8) is 0 Å². The molecular weight excluding hydrogens is 240 g/mol. The molecule has 0 saturated carbocycles. The van der Waals surface area contributed by atoms with Crippen molar-refractivity contribution in [2.24, 2.45) is 0 Å². The van der Waals surface area contributed by atoms with E-state index in [1.807, 2.05) is 36.1 Å². The molecule has 0 aliphatic carbocycles. The SMILES string of the molecule is C#Cc1cccc(NCC(=O)N2CCOC(C)C2)c1. The van der Waals surface area contributed by atoms with Crippen LogP contribution >= 0.6 is 0 Å². The molecule has 4 nitrogen and oxygen atoms in total. The lowest BCUT2D eigenvalue weighted by molar-refractivity contribution is -0.136. The summed E-state index contributed by atoms with van der Waals surface area (Å²) in [6.07, 6.45) is 5.45. The van der Waals surface area contributed by atoms with Gasteiger partial charge in [0.05, 0.1) is 19.3 Å². The summed E-state index contributed by atoms with van der Waals surface area (Å²) < 4.78 is 5.41. The molecule has 1 aliphatic rings. The standard InChI is InChI=1S/C15H18N2O2/c1-3-13-5-4-6-14(9-13)16-10-15(18)17-7-8-19-12(2)11-17/h1,4-6,9,12,16H,7-8,10-11H2,2H3. The van der Waals surface area contributed by atoms with Crippen LogP contribution in [0.2, 0.25) is 0 Å². The lowest BCUT2D eigenvalue weighted by Crippen LogP contribution is -2.46. The van der Waals surface area contributed by atoms with Crippen molar-refractivity contribution >= 4 is 11.6 Å². The highest BCUT2D eigenvalue weighted by molar-refractivity contribution is 5.81. The first kappa shape index (κ1) is 13.4. The summed E-state index contributed by atoms with van der Waals surface area (Å²) in [4.78, 5) is 13.9. The third kappa shape index (κ3) is 3.73. The van der Waals surface area contributed by atoms with Crippen LogP contribution in [0.5, 0.6) is 0 Å². The molecule has 4 heteroatoms. The molecule has 1 fully saturated rings. The van der Waals surface area contributed by atoms with Crippen LogP contribution in [0.1, 0.15) is 12.5 Å². The van der Waals surface area contributed by atoms with Crippen LogP contribution in [0.3, 0.4) is 0 Å². The summed E-state index contributed by atoms with van der Waals surface area (Å²) in [6, 6.07) is 7.49. The predicted octanol–water partition coefficient (Wildman–Crippen LogP) is 1.33. The Hall–Kier alpha value is -1.99. The minimum Gasteiger partial charge on any atom is -0.376 e. The van der Waals surface area contributed by atoms with E-state index in [1.54, 1.807) is 0 Å². The van der Waals surface area contributed by atoms with E-state index in [0.717, 1.165) is 11.3 Å². The first-order valence-corrected chi connectivity index (χ1v) is 6.39. The topological polar surface area (TPSA) is 41.6 Å². The van der Waals surface area contributed by atoms with Crippen LogP contribution in [-0.4, -0.2) is 43.2 Å². The lowest BCUT2D eigenvalue weighted by Gasteiger charge is -2.31. The van der Waals surface area contributed by atoms with Crippen molar-refractivity contribution in [2.75, 3.05) is 31.6 Å². The van der Waals surface area contributed by atoms with Crippen LogP contribution in [0.25, 0.3) is 0 Å². The molecule has 1 aromatic carbocycles. The zero-order valence-corrected chi connectivity index (χ0v) is 11.1. The van der Waals surface area contributed by atoms with Gasteiger partial charge in [-0.2, -0.15) is 0 Å². The number of morpholine rings is 1. The fraction of sp³-hybridized carbons (Fsp3) is 0.400. The van der Waals surface area contributed by atoms with Crippen LogP contribution < -0.4 is 5.32 Å². The molecule has 1 unspecified atom stereocenters. The molecule has 0 spiro atoms. The number of anilines is 1. The third-order valence-corrected chi connectivity index (χ3v) is 3.07. The third-order valence-electron chi connectivity index (χ3n) is 3.07. The monoisotopic (exact) mass is 258 g/mol. The molecule has 0 bridgehead atoms. The van der Waals surface area contributed by atoms with Gasteiger partial charge < -0.3 is 15.0 Å². The number of terminal acetylenes is 1. The Labute approximate surface area is 113 Å². The lowest BCUT2D eigenvalue weighted by atomic mass is 10.2. The van der Waals surface area contributed by atoms with E-state index < -0.39 is 0 Å². The number of carbonyl (C=O) groups excluding carboxylic acids is 1. The summed E-state index contributed by atoms with van der Waals surface area (Å²) in [5.41, 5.74) is 1.67. The van der Waals surface area contributed by atoms with Gasteiger partial charge in [-0.1, -0.05) is 12.0 Å². The molecule has 1 aliphatic heterocycles. The highest BCUT2D eigenvalue weighted by Gasteiger charge is 2.20. The predicted molar refractivity (Wildman–Crippen MR) is 74.9 cm³/mol. The quantitative estimate of drug-likeness (QED) is 0.832. The number of amides is 1. The number of hydrogen-bond acceptors (Lipinski definition) is 3. The maximum absolute atomic E-state index is 12.0. The van der Waals surface area contributed by atoms with E-state index in [-0.39, 0.29) is 18.6 Å². The Morgan fingerprint density at radius 2 is 2.47 bits per heavy atom. The average Bonchev–Trinajstić information content (AvgIpc) is 2.45. The minimum atomic E-state index is 0.0845. The van der Waals surface area contributed by atoms with Crippen molar-refractivity contribution in [1.82, 2.24) is 4.90 Å². The zero-order chi connectivity index (χ0) is 13.7. The number of nitrogens with one attached hydrogen (secondary N) is 1. The van der Waals surface area contributed by atoms with E-state index in [0.29, 0.717) is 19.7 Å². The molecule has 0 aromatic heterocycles. The van der Waals surface area contributed by atoms with Crippen molar-refractivity contribution in [1.29, 1.82) is 0 Å². The van der Waals surface area contributed by atoms with Gasteiger partial charge in [-0.05, 0) is 25.1 Å². The van der Waals surface area contributed by atoms with Gasteiger partial charge in [0.25, 0.3) is 0 Å². The van der Waals surface area contributed by atoms with E-state index >= 15 is 0 Å². The summed E-state index contributed by atoms with van der Waals surface area (Å²) >= 11 is 0. The number of ether oxygens (including phenoxy) is 1. The highest BCUT2D eigenvalue weighted by Crippen LogP contribution is 2.10. The van der Waals surface area contributed by atoms with E-state index in [9.17, 15) is 4.79 Å². The average molecular weight is 258 g/mol.